The van der Waals surface area contributed by atoms with E-state index in [0.29, 0.717) is 18.8 Å². The van der Waals surface area contributed by atoms with Crippen LogP contribution in [0.4, 0.5) is 10.5 Å². The van der Waals surface area contributed by atoms with E-state index in [1.165, 1.54) is 6.07 Å². The van der Waals surface area contributed by atoms with Crippen LogP contribution in [0.3, 0.4) is 0 Å². The molecule has 0 unspecified atom stereocenters. The van der Waals surface area contributed by atoms with E-state index in [2.05, 4.69) is 17.2 Å². The summed E-state index contributed by atoms with van der Waals surface area (Å²) in [4.78, 5) is 24.5. The van der Waals surface area contributed by atoms with Gasteiger partial charge in [-0.25, -0.2) is 9.59 Å². The van der Waals surface area contributed by atoms with Crippen LogP contribution < -0.4 is 10.2 Å². The first-order valence-electron chi connectivity index (χ1n) is 5.94. The molecule has 0 atom stereocenters. The molecule has 2 rings (SSSR count). The van der Waals surface area contributed by atoms with E-state index in [1.54, 1.807) is 24.0 Å². The zero-order valence-electron chi connectivity index (χ0n) is 10.6. The minimum Gasteiger partial charge on any atom is -0.478 e. The normalized spacial score (nSPS) is 12.4. The maximum Gasteiger partial charge on any atom is 0.335 e. The van der Waals surface area contributed by atoms with Crippen molar-refractivity contribution in [2.75, 3.05) is 18.0 Å². The van der Waals surface area contributed by atoms with Gasteiger partial charge in [-0.1, -0.05) is 12.0 Å². The minimum absolute atomic E-state index is 0.187. The molecule has 0 fully saturated rings. The summed E-state index contributed by atoms with van der Waals surface area (Å²) in [5, 5.41) is 11.7. The largest absolute Gasteiger partial charge is 0.478 e. The van der Waals surface area contributed by atoms with Crippen molar-refractivity contribution in [2.45, 2.75) is 13.3 Å². The second-order valence-electron chi connectivity index (χ2n) is 4.14. The second kappa shape index (κ2) is 5.44. The molecule has 0 spiro atoms. The molecule has 0 radical (unpaired) electrons. The van der Waals surface area contributed by atoms with Crippen molar-refractivity contribution < 1.29 is 14.7 Å². The molecule has 1 aliphatic rings. The Labute approximate surface area is 111 Å². The quantitative estimate of drug-likeness (QED) is 0.789. The third kappa shape index (κ3) is 2.68. The lowest BCUT2D eigenvalue weighted by atomic mass is 10.1. The number of amides is 2. The third-order valence-electron chi connectivity index (χ3n) is 2.98. The number of carboxylic acid groups (broad SMARTS) is 1. The van der Waals surface area contributed by atoms with Gasteiger partial charge in [0.2, 0.25) is 0 Å². The number of anilines is 1. The van der Waals surface area contributed by atoms with Gasteiger partial charge in [-0.2, -0.15) is 0 Å². The Kier molecular flexibility index (Phi) is 3.71. The van der Waals surface area contributed by atoms with Crippen LogP contribution in [0.2, 0.25) is 0 Å². The average Bonchev–Trinajstić information content (AvgIpc) is 2.81. The molecule has 19 heavy (non-hydrogen) atoms. The highest BCUT2D eigenvalue weighted by atomic mass is 16.4. The molecule has 5 nitrogen and oxygen atoms in total. The number of benzene rings is 1. The molecule has 0 saturated heterocycles. The summed E-state index contributed by atoms with van der Waals surface area (Å²) in [5.74, 6) is 4.46. The zero-order valence-corrected chi connectivity index (χ0v) is 10.6. The van der Waals surface area contributed by atoms with Gasteiger partial charge in [0.25, 0.3) is 0 Å². The number of fused-ring (bicyclic) bond motifs is 1. The van der Waals surface area contributed by atoms with E-state index in [4.69, 9.17) is 5.11 Å². The summed E-state index contributed by atoms with van der Waals surface area (Å²) in [6.45, 7) is 2.56. The first kappa shape index (κ1) is 13.0. The number of aromatic carboxylic acids is 1. The molecule has 0 aliphatic carbocycles. The monoisotopic (exact) mass is 258 g/mol. The topological polar surface area (TPSA) is 69.6 Å². The molecule has 2 amide bonds. The average molecular weight is 258 g/mol. The van der Waals surface area contributed by atoms with Gasteiger partial charge in [0.1, 0.15) is 0 Å². The fourth-order valence-corrected chi connectivity index (χ4v) is 2.03. The van der Waals surface area contributed by atoms with E-state index in [0.717, 1.165) is 12.0 Å². The van der Waals surface area contributed by atoms with E-state index in [9.17, 15) is 9.59 Å². The molecule has 0 bridgehead atoms. The van der Waals surface area contributed by atoms with Gasteiger partial charge < -0.3 is 10.4 Å². The molecule has 1 aromatic rings. The van der Waals surface area contributed by atoms with Crippen LogP contribution in [0, 0.1) is 11.8 Å². The molecule has 0 saturated carbocycles. The maximum absolute atomic E-state index is 12.0. The van der Waals surface area contributed by atoms with Crippen molar-refractivity contribution >= 4 is 17.7 Å². The minimum atomic E-state index is -0.994. The summed E-state index contributed by atoms with van der Waals surface area (Å²) in [5.41, 5.74) is 1.84. The van der Waals surface area contributed by atoms with Gasteiger partial charge in [-0.3, -0.25) is 4.90 Å². The smallest absolute Gasteiger partial charge is 0.335 e. The van der Waals surface area contributed by atoms with Crippen molar-refractivity contribution in [1.29, 1.82) is 0 Å². The number of nitrogens with one attached hydrogen (secondary N) is 1. The number of hydrogen-bond acceptors (Lipinski definition) is 2. The summed E-state index contributed by atoms with van der Waals surface area (Å²) in [6.07, 6.45) is 0.738. The van der Waals surface area contributed by atoms with Crippen LogP contribution in [0.25, 0.3) is 0 Å². The molecule has 98 valence electrons. The molecule has 0 aromatic heterocycles. The van der Waals surface area contributed by atoms with Crippen molar-refractivity contribution in [2.24, 2.45) is 0 Å². The fourth-order valence-electron chi connectivity index (χ4n) is 2.03. The highest BCUT2D eigenvalue weighted by Crippen LogP contribution is 2.29. The maximum atomic E-state index is 12.0. The Morgan fingerprint density at radius 3 is 2.95 bits per heavy atom. The molecule has 1 aromatic carbocycles. The predicted molar refractivity (Wildman–Crippen MR) is 71.3 cm³/mol. The van der Waals surface area contributed by atoms with E-state index in [1.807, 2.05) is 0 Å². The SMILES string of the molecule is CC#CCNC(=O)N1CCc2ccc(C(=O)O)cc21. The summed E-state index contributed by atoms with van der Waals surface area (Å²) in [6, 6.07) is 4.61. The van der Waals surface area contributed by atoms with E-state index in [-0.39, 0.29) is 11.6 Å². The molecular weight excluding hydrogens is 244 g/mol. The number of hydrogen-bond donors (Lipinski definition) is 2. The lowest BCUT2D eigenvalue weighted by Crippen LogP contribution is -2.39. The molecule has 5 heteroatoms. The number of carbonyl (C=O) groups is 2. The van der Waals surface area contributed by atoms with Crippen LogP contribution in [0.15, 0.2) is 18.2 Å². The predicted octanol–water partition coefficient (Wildman–Crippen LogP) is 1.48. The van der Waals surface area contributed by atoms with Gasteiger partial charge in [-0.05, 0) is 31.0 Å². The van der Waals surface area contributed by atoms with Crippen LogP contribution in [0.1, 0.15) is 22.8 Å². The number of carbonyl (C=O) groups excluding carboxylic acids is 1. The summed E-state index contributed by atoms with van der Waals surface area (Å²) in [7, 11) is 0. The molecular formula is C14H14N2O3. The molecule has 2 N–H and O–H groups in total. The van der Waals surface area contributed by atoms with Crippen molar-refractivity contribution in [3.63, 3.8) is 0 Å². The van der Waals surface area contributed by atoms with E-state index >= 15 is 0 Å². The number of carboxylic acids is 1. The first-order chi connectivity index (χ1) is 9.13. The van der Waals surface area contributed by atoms with Crippen molar-refractivity contribution in [1.82, 2.24) is 5.32 Å². The van der Waals surface area contributed by atoms with Gasteiger partial charge >= 0.3 is 12.0 Å². The molecule has 1 aliphatic heterocycles. The summed E-state index contributed by atoms with van der Waals surface area (Å²) < 4.78 is 0. The lowest BCUT2D eigenvalue weighted by molar-refractivity contribution is 0.0697. The Bertz CT molecular complexity index is 584. The summed E-state index contributed by atoms with van der Waals surface area (Å²) >= 11 is 0. The standard InChI is InChI=1S/C14H14N2O3/c1-2-3-7-15-14(19)16-8-6-10-4-5-11(13(17)18)9-12(10)16/h4-5,9H,6-8H2,1H3,(H,15,19)(H,17,18). The Morgan fingerprint density at radius 2 is 2.26 bits per heavy atom. The first-order valence-corrected chi connectivity index (χ1v) is 5.94. The Balaban J connectivity index is 2.19. The van der Waals surface area contributed by atoms with Crippen LogP contribution in [-0.2, 0) is 6.42 Å². The number of nitrogens with zero attached hydrogens (tertiary/aromatic N) is 1. The number of urea groups is 1. The Hall–Kier alpha value is -2.48. The van der Waals surface area contributed by atoms with E-state index < -0.39 is 5.97 Å². The van der Waals surface area contributed by atoms with Crippen molar-refractivity contribution in [3.8, 4) is 11.8 Å². The van der Waals surface area contributed by atoms with Gasteiger partial charge in [0.05, 0.1) is 12.1 Å². The highest BCUT2D eigenvalue weighted by Gasteiger charge is 2.25. The highest BCUT2D eigenvalue weighted by molar-refractivity contribution is 5.97. The second-order valence-corrected chi connectivity index (χ2v) is 4.14. The van der Waals surface area contributed by atoms with Crippen LogP contribution in [0.5, 0.6) is 0 Å². The number of rotatable bonds is 2. The van der Waals surface area contributed by atoms with Crippen LogP contribution >= 0.6 is 0 Å². The Morgan fingerprint density at radius 1 is 1.47 bits per heavy atom. The van der Waals surface area contributed by atoms with Crippen molar-refractivity contribution in [3.05, 3.63) is 29.3 Å². The van der Waals surface area contributed by atoms with Crippen LogP contribution in [-0.4, -0.2) is 30.2 Å². The van der Waals surface area contributed by atoms with Gasteiger partial charge in [0, 0.05) is 12.2 Å². The van der Waals surface area contributed by atoms with Gasteiger partial charge in [0.15, 0.2) is 0 Å². The molecule has 1 heterocycles. The third-order valence-corrected chi connectivity index (χ3v) is 2.98. The fraction of sp³-hybridized carbons (Fsp3) is 0.286. The lowest BCUT2D eigenvalue weighted by Gasteiger charge is -2.17. The van der Waals surface area contributed by atoms with Gasteiger partial charge in [-0.15, -0.1) is 5.92 Å². The zero-order chi connectivity index (χ0) is 13.8.